The van der Waals surface area contributed by atoms with Crippen molar-refractivity contribution in [1.29, 1.82) is 0 Å². The van der Waals surface area contributed by atoms with Crippen LogP contribution in [0.5, 0.6) is 5.75 Å². The predicted octanol–water partition coefficient (Wildman–Crippen LogP) is 4.15. The third-order valence-corrected chi connectivity index (χ3v) is 6.96. The Bertz CT molecular complexity index is 1190. The Morgan fingerprint density at radius 2 is 1.78 bits per heavy atom. The highest BCUT2D eigenvalue weighted by atomic mass is 35.5. The van der Waals surface area contributed by atoms with Crippen molar-refractivity contribution in [2.24, 2.45) is 0 Å². The van der Waals surface area contributed by atoms with Gasteiger partial charge in [-0.05, 0) is 63.4 Å². The maximum absolute atomic E-state index is 13.8. The molecule has 0 aliphatic heterocycles. The lowest BCUT2D eigenvalue weighted by atomic mass is 10.1. The van der Waals surface area contributed by atoms with Crippen LogP contribution < -0.4 is 14.4 Å². The lowest BCUT2D eigenvalue weighted by Crippen LogP contribution is -2.55. The number of benzene rings is 2. The minimum absolute atomic E-state index is 0.0388. The number of anilines is 1. The van der Waals surface area contributed by atoms with E-state index in [0.717, 1.165) is 16.1 Å². The topological polar surface area (TPSA) is 96.0 Å². The Morgan fingerprint density at radius 1 is 1.14 bits per heavy atom. The summed E-state index contributed by atoms with van der Waals surface area (Å²) in [5.74, 6) is -0.557. The molecule has 1 N–H and O–H groups in total. The van der Waals surface area contributed by atoms with Gasteiger partial charge >= 0.3 is 0 Å². The van der Waals surface area contributed by atoms with Gasteiger partial charge in [-0.15, -0.1) is 0 Å². The van der Waals surface area contributed by atoms with Crippen LogP contribution in [0.3, 0.4) is 0 Å². The first-order valence-electron chi connectivity index (χ1n) is 11.6. The van der Waals surface area contributed by atoms with Gasteiger partial charge in [0, 0.05) is 17.1 Å². The van der Waals surface area contributed by atoms with E-state index in [4.69, 9.17) is 16.3 Å². The van der Waals surface area contributed by atoms with E-state index in [1.807, 2.05) is 27.7 Å². The van der Waals surface area contributed by atoms with Crippen LogP contribution >= 0.6 is 11.6 Å². The van der Waals surface area contributed by atoms with Crippen LogP contribution in [0.1, 0.15) is 45.2 Å². The van der Waals surface area contributed by atoms with E-state index in [-0.39, 0.29) is 18.1 Å². The molecule has 36 heavy (non-hydrogen) atoms. The maximum atomic E-state index is 13.8. The molecule has 0 heterocycles. The standard InChI is InChI=1S/C26H36ClN3O5S/c1-8-21(25(32)28-26(3,4)5)29(16-19-11-9-10-12-20(19)27)24(31)17-30(36(7,33)34)22-15-18(2)13-14-23(22)35-6/h9-15,21H,8,16-17H2,1-7H3,(H,28,32). The zero-order chi connectivity index (χ0) is 27.3. The predicted molar refractivity (Wildman–Crippen MR) is 144 cm³/mol. The van der Waals surface area contributed by atoms with Gasteiger partial charge < -0.3 is 15.0 Å². The summed E-state index contributed by atoms with van der Waals surface area (Å²) in [6.45, 7) is 8.71. The van der Waals surface area contributed by atoms with Crippen molar-refractivity contribution < 1.29 is 22.7 Å². The van der Waals surface area contributed by atoms with Crippen molar-refractivity contribution in [2.75, 3.05) is 24.2 Å². The summed E-state index contributed by atoms with van der Waals surface area (Å²) in [4.78, 5) is 28.4. The number of hydrogen-bond acceptors (Lipinski definition) is 5. The summed E-state index contributed by atoms with van der Waals surface area (Å²) in [7, 11) is -2.44. The highest BCUT2D eigenvalue weighted by Gasteiger charge is 2.34. The van der Waals surface area contributed by atoms with Crippen molar-refractivity contribution in [1.82, 2.24) is 10.2 Å². The number of nitrogens with zero attached hydrogens (tertiary/aromatic N) is 2. The van der Waals surface area contributed by atoms with Gasteiger partial charge in [0.15, 0.2) is 0 Å². The molecule has 0 aromatic heterocycles. The normalized spacial score (nSPS) is 12.6. The van der Waals surface area contributed by atoms with E-state index in [9.17, 15) is 18.0 Å². The molecule has 198 valence electrons. The number of amides is 2. The summed E-state index contributed by atoms with van der Waals surface area (Å²) < 4.78 is 32.1. The summed E-state index contributed by atoms with van der Waals surface area (Å²) in [5, 5.41) is 3.38. The van der Waals surface area contributed by atoms with Crippen molar-refractivity contribution in [3.8, 4) is 5.75 Å². The number of carbonyl (C=O) groups is 2. The lowest BCUT2D eigenvalue weighted by molar-refractivity contribution is -0.141. The molecule has 0 saturated heterocycles. The molecular weight excluding hydrogens is 502 g/mol. The quantitative estimate of drug-likeness (QED) is 0.491. The van der Waals surface area contributed by atoms with E-state index >= 15 is 0 Å². The van der Waals surface area contributed by atoms with Crippen molar-refractivity contribution in [3.05, 3.63) is 58.6 Å². The second-order valence-corrected chi connectivity index (χ2v) is 12.0. The number of sulfonamides is 1. The van der Waals surface area contributed by atoms with Gasteiger partial charge in [-0.1, -0.05) is 42.8 Å². The molecule has 0 aliphatic carbocycles. The Labute approximate surface area is 219 Å². The molecule has 0 radical (unpaired) electrons. The zero-order valence-corrected chi connectivity index (χ0v) is 23.5. The van der Waals surface area contributed by atoms with E-state index < -0.39 is 34.1 Å². The molecule has 2 aromatic carbocycles. The molecule has 0 bridgehead atoms. The van der Waals surface area contributed by atoms with Crippen LogP contribution in [0.2, 0.25) is 5.02 Å². The first-order chi connectivity index (χ1) is 16.7. The molecule has 10 heteroatoms. The Hall–Kier alpha value is -2.78. The molecule has 2 amide bonds. The average Bonchev–Trinajstić information content (AvgIpc) is 2.76. The molecule has 0 aliphatic rings. The second kappa shape index (κ2) is 12.0. The highest BCUT2D eigenvalue weighted by molar-refractivity contribution is 7.92. The Morgan fingerprint density at radius 3 is 2.31 bits per heavy atom. The van der Waals surface area contributed by atoms with Gasteiger partial charge in [-0.2, -0.15) is 0 Å². The number of methoxy groups -OCH3 is 1. The van der Waals surface area contributed by atoms with E-state index in [1.165, 1.54) is 12.0 Å². The largest absolute Gasteiger partial charge is 0.495 e. The van der Waals surface area contributed by atoms with Gasteiger partial charge in [0.05, 0.1) is 19.1 Å². The summed E-state index contributed by atoms with van der Waals surface area (Å²) in [6, 6.07) is 11.3. The molecule has 2 aromatic rings. The molecule has 0 fully saturated rings. The SMILES string of the molecule is CCC(C(=O)NC(C)(C)C)N(Cc1ccccc1Cl)C(=O)CN(c1cc(C)ccc1OC)S(C)(=O)=O. The maximum Gasteiger partial charge on any atom is 0.244 e. The van der Waals surface area contributed by atoms with Crippen LogP contribution in [-0.2, 0) is 26.2 Å². The number of halogens is 1. The van der Waals surface area contributed by atoms with Gasteiger partial charge in [0.1, 0.15) is 18.3 Å². The minimum Gasteiger partial charge on any atom is -0.495 e. The number of rotatable bonds is 10. The summed E-state index contributed by atoms with van der Waals surface area (Å²) in [6.07, 6.45) is 1.36. The van der Waals surface area contributed by atoms with Crippen molar-refractivity contribution in [3.63, 3.8) is 0 Å². The lowest BCUT2D eigenvalue weighted by Gasteiger charge is -2.34. The smallest absolute Gasteiger partial charge is 0.244 e. The summed E-state index contributed by atoms with van der Waals surface area (Å²) >= 11 is 6.38. The molecular formula is C26H36ClN3O5S. The molecule has 1 unspecified atom stereocenters. The van der Waals surface area contributed by atoms with Crippen LogP contribution in [0.15, 0.2) is 42.5 Å². The highest BCUT2D eigenvalue weighted by Crippen LogP contribution is 2.31. The fourth-order valence-corrected chi connectivity index (χ4v) is 4.81. The first-order valence-corrected chi connectivity index (χ1v) is 13.9. The van der Waals surface area contributed by atoms with Gasteiger partial charge in [0.2, 0.25) is 21.8 Å². The van der Waals surface area contributed by atoms with Crippen LogP contribution in [0.4, 0.5) is 5.69 Å². The average molecular weight is 538 g/mol. The number of carbonyl (C=O) groups excluding carboxylic acids is 2. The summed E-state index contributed by atoms with van der Waals surface area (Å²) in [5.41, 5.74) is 1.18. The van der Waals surface area contributed by atoms with Crippen LogP contribution in [0, 0.1) is 6.92 Å². The zero-order valence-electron chi connectivity index (χ0n) is 22.0. The number of aryl methyl sites for hydroxylation is 1. The number of hydrogen-bond donors (Lipinski definition) is 1. The van der Waals surface area contributed by atoms with E-state index in [2.05, 4.69) is 5.32 Å². The molecule has 0 spiro atoms. The third-order valence-electron chi connectivity index (χ3n) is 5.46. The molecule has 1 atom stereocenters. The molecule has 2 rings (SSSR count). The number of nitrogens with one attached hydrogen (secondary N) is 1. The third kappa shape index (κ3) is 7.86. The Balaban J connectivity index is 2.55. The van der Waals surface area contributed by atoms with Crippen LogP contribution in [-0.4, -0.2) is 56.6 Å². The van der Waals surface area contributed by atoms with Crippen molar-refractivity contribution in [2.45, 2.75) is 59.2 Å². The van der Waals surface area contributed by atoms with Gasteiger partial charge in [-0.25, -0.2) is 8.42 Å². The fraction of sp³-hybridized carbons (Fsp3) is 0.462. The second-order valence-electron chi connectivity index (χ2n) is 9.72. The fourth-order valence-electron chi connectivity index (χ4n) is 3.77. The van der Waals surface area contributed by atoms with E-state index in [1.54, 1.807) is 49.4 Å². The number of ether oxygens (including phenoxy) is 1. The minimum atomic E-state index is -3.88. The van der Waals surface area contributed by atoms with Gasteiger partial charge in [-0.3, -0.25) is 13.9 Å². The van der Waals surface area contributed by atoms with Gasteiger partial charge in [0.25, 0.3) is 0 Å². The Kier molecular flexibility index (Phi) is 9.79. The monoisotopic (exact) mass is 537 g/mol. The van der Waals surface area contributed by atoms with Crippen LogP contribution in [0.25, 0.3) is 0 Å². The molecule has 0 saturated carbocycles. The first kappa shape index (κ1) is 29.5. The van der Waals surface area contributed by atoms with Crippen molar-refractivity contribution >= 4 is 39.1 Å². The molecule has 8 nitrogen and oxygen atoms in total. The van der Waals surface area contributed by atoms with E-state index in [0.29, 0.717) is 22.8 Å².